The summed E-state index contributed by atoms with van der Waals surface area (Å²) in [7, 11) is 0. The van der Waals surface area contributed by atoms with E-state index in [1.807, 2.05) is 4.90 Å². The molecule has 0 aromatic heterocycles. The Kier molecular flexibility index (Phi) is 7.49. The first-order valence-corrected chi connectivity index (χ1v) is 9.38. The Balaban J connectivity index is 0.00000225. The number of halogens is 1. The van der Waals surface area contributed by atoms with E-state index in [-0.39, 0.29) is 24.2 Å². The average Bonchev–Trinajstić information content (AvgIpc) is 2.63. The molecule has 0 aromatic rings. The van der Waals surface area contributed by atoms with Gasteiger partial charge in [0.1, 0.15) is 5.54 Å². The van der Waals surface area contributed by atoms with Crippen molar-refractivity contribution in [2.45, 2.75) is 37.6 Å². The molecule has 3 fully saturated rings. The van der Waals surface area contributed by atoms with Crippen LogP contribution in [0, 0.1) is 0 Å². The minimum atomic E-state index is -0.535. The van der Waals surface area contributed by atoms with Crippen molar-refractivity contribution in [3.63, 3.8) is 0 Å². The molecule has 0 spiro atoms. The summed E-state index contributed by atoms with van der Waals surface area (Å²) in [4.78, 5) is 31.2. The highest BCUT2D eigenvalue weighted by molar-refractivity contribution is 5.85. The number of likely N-dealkylation sites (tertiary alicyclic amines) is 2. The minimum absolute atomic E-state index is 0. The minimum Gasteiger partial charge on any atom is -1.00 e. The smallest absolute Gasteiger partial charge is 0.238 e. The summed E-state index contributed by atoms with van der Waals surface area (Å²) < 4.78 is 0. The van der Waals surface area contributed by atoms with E-state index in [1.54, 1.807) is 0 Å². The first-order valence-electron chi connectivity index (χ1n) is 9.38. The highest BCUT2D eigenvalue weighted by Gasteiger charge is 2.45. The molecule has 0 aliphatic carbocycles. The maximum absolute atomic E-state index is 12.6. The van der Waals surface area contributed by atoms with Gasteiger partial charge in [0.2, 0.25) is 11.8 Å². The second kappa shape index (κ2) is 9.16. The topological polar surface area (TPSA) is 81.9 Å². The van der Waals surface area contributed by atoms with Crippen molar-refractivity contribution in [3.05, 3.63) is 0 Å². The summed E-state index contributed by atoms with van der Waals surface area (Å²) in [5, 5.41) is 3.30. The summed E-state index contributed by atoms with van der Waals surface area (Å²) in [6.07, 6.45) is 4.87. The molecule has 0 unspecified atom stereocenters. The summed E-state index contributed by atoms with van der Waals surface area (Å²) in [6.45, 7) is 7.45. The number of nitrogens with two attached hydrogens (primary N) is 1. The molecule has 3 rings (SSSR count). The zero-order valence-corrected chi connectivity index (χ0v) is 15.8. The van der Waals surface area contributed by atoms with E-state index in [1.165, 1.54) is 6.42 Å². The zero-order valence-electron chi connectivity index (χ0n) is 15.0. The Morgan fingerprint density at radius 3 is 2.08 bits per heavy atom. The van der Waals surface area contributed by atoms with Crippen molar-refractivity contribution in [1.29, 1.82) is 0 Å². The number of carbonyl (C=O) groups is 2. The highest BCUT2D eigenvalue weighted by atomic mass is 35.5. The molecular weight excluding hydrogens is 342 g/mol. The molecule has 8 heteroatoms. The lowest BCUT2D eigenvalue weighted by Gasteiger charge is -2.48. The van der Waals surface area contributed by atoms with Gasteiger partial charge in [-0.3, -0.25) is 19.4 Å². The predicted octanol–water partition coefficient (Wildman–Crippen LogP) is -3.77. The third kappa shape index (κ3) is 4.64. The Morgan fingerprint density at radius 1 is 0.920 bits per heavy atom. The van der Waals surface area contributed by atoms with E-state index in [0.29, 0.717) is 32.5 Å². The SMILES string of the molecule is NC(=O)C1(N2CCCCC2)CCN(C(=O)CN2CCNCC2)CC1.[Cl-]. The number of amides is 2. The molecule has 3 N–H and O–H groups in total. The molecule has 0 aromatic carbocycles. The van der Waals surface area contributed by atoms with Crippen molar-refractivity contribution in [2.75, 3.05) is 58.9 Å². The van der Waals surface area contributed by atoms with Crippen molar-refractivity contribution in [1.82, 2.24) is 20.0 Å². The van der Waals surface area contributed by atoms with Gasteiger partial charge in [-0.2, -0.15) is 0 Å². The molecule has 0 saturated carbocycles. The molecule has 3 aliphatic heterocycles. The Hall–Kier alpha value is -0.890. The number of hydrogen-bond acceptors (Lipinski definition) is 5. The molecule has 7 nitrogen and oxygen atoms in total. The Morgan fingerprint density at radius 2 is 1.52 bits per heavy atom. The van der Waals surface area contributed by atoms with Crippen LogP contribution in [0.25, 0.3) is 0 Å². The lowest BCUT2D eigenvalue weighted by molar-refractivity contribution is -0.142. The third-order valence-corrected chi connectivity index (χ3v) is 5.93. The molecule has 3 saturated heterocycles. The van der Waals surface area contributed by atoms with Gasteiger partial charge in [0.25, 0.3) is 0 Å². The largest absolute Gasteiger partial charge is 1.00 e. The van der Waals surface area contributed by atoms with Crippen LogP contribution < -0.4 is 23.5 Å². The number of piperidine rings is 2. The first kappa shape index (κ1) is 20.4. The number of carbonyl (C=O) groups excluding carboxylic acids is 2. The fourth-order valence-corrected chi connectivity index (χ4v) is 4.33. The normalized spacial score (nSPS) is 25.2. The molecule has 3 aliphatic rings. The van der Waals surface area contributed by atoms with Crippen LogP contribution in [-0.2, 0) is 9.59 Å². The van der Waals surface area contributed by atoms with Gasteiger partial charge in [-0.05, 0) is 38.8 Å². The molecule has 0 atom stereocenters. The van der Waals surface area contributed by atoms with Gasteiger partial charge in [0.15, 0.2) is 0 Å². The van der Waals surface area contributed by atoms with E-state index in [4.69, 9.17) is 5.73 Å². The fraction of sp³-hybridized carbons (Fsp3) is 0.882. The number of nitrogens with zero attached hydrogens (tertiary/aromatic N) is 3. The van der Waals surface area contributed by atoms with E-state index in [0.717, 1.165) is 52.1 Å². The van der Waals surface area contributed by atoms with Crippen LogP contribution in [0.5, 0.6) is 0 Å². The molecule has 2 amide bonds. The van der Waals surface area contributed by atoms with E-state index >= 15 is 0 Å². The molecule has 0 radical (unpaired) electrons. The van der Waals surface area contributed by atoms with Crippen molar-refractivity contribution < 1.29 is 22.0 Å². The van der Waals surface area contributed by atoms with Gasteiger partial charge in [0.05, 0.1) is 6.54 Å². The third-order valence-electron chi connectivity index (χ3n) is 5.93. The van der Waals surface area contributed by atoms with Gasteiger partial charge in [-0.25, -0.2) is 0 Å². The Labute approximate surface area is 156 Å². The van der Waals surface area contributed by atoms with Crippen LogP contribution in [0.2, 0.25) is 0 Å². The standard InChI is InChI=1S/C17H31N5O2.ClH/c18-16(24)17(22-8-2-1-3-9-22)4-10-21(11-5-17)15(23)14-20-12-6-19-7-13-20;/h19H,1-14H2,(H2,18,24);1H/p-1. The number of primary amides is 1. The molecule has 3 heterocycles. The van der Waals surface area contributed by atoms with Crippen molar-refractivity contribution >= 4 is 11.8 Å². The van der Waals surface area contributed by atoms with Gasteiger partial charge in [0, 0.05) is 39.3 Å². The lowest BCUT2D eigenvalue weighted by Crippen LogP contribution is -3.00. The summed E-state index contributed by atoms with van der Waals surface area (Å²) in [5.41, 5.74) is 5.27. The molecule has 144 valence electrons. The number of rotatable bonds is 4. The molecule has 25 heavy (non-hydrogen) atoms. The van der Waals surface area contributed by atoms with Gasteiger partial charge in [-0.1, -0.05) is 6.42 Å². The van der Waals surface area contributed by atoms with Crippen LogP contribution in [0.1, 0.15) is 32.1 Å². The van der Waals surface area contributed by atoms with Gasteiger partial charge >= 0.3 is 0 Å². The number of nitrogens with one attached hydrogen (secondary N) is 1. The highest BCUT2D eigenvalue weighted by Crippen LogP contribution is 2.31. The summed E-state index contributed by atoms with van der Waals surface area (Å²) in [5.74, 6) is -0.0211. The number of hydrogen-bond donors (Lipinski definition) is 2. The van der Waals surface area contributed by atoms with Crippen LogP contribution >= 0.6 is 0 Å². The van der Waals surface area contributed by atoms with Crippen LogP contribution in [0.4, 0.5) is 0 Å². The van der Waals surface area contributed by atoms with E-state index < -0.39 is 5.54 Å². The lowest BCUT2D eigenvalue weighted by atomic mass is 9.83. The van der Waals surface area contributed by atoms with Crippen LogP contribution in [0.15, 0.2) is 0 Å². The van der Waals surface area contributed by atoms with Crippen molar-refractivity contribution in [3.8, 4) is 0 Å². The maximum Gasteiger partial charge on any atom is 0.238 e. The first-order chi connectivity index (χ1) is 11.6. The van der Waals surface area contributed by atoms with Crippen LogP contribution in [0.3, 0.4) is 0 Å². The monoisotopic (exact) mass is 372 g/mol. The van der Waals surface area contributed by atoms with Gasteiger partial charge in [-0.15, -0.1) is 0 Å². The average molecular weight is 373 g/mol. The summed E-state index contributed by atoms with van der Waals surface area (Å²) >= 11 is 0. The predicted molar refractivity (Wildman–Crippen MR) is 92.5 cm³/mol. The molecule has 0 bridgehead atoms. The zero-order chi connectivity index (χ0) is 17.0. The maximum atomic E-state index is 12.6. The fourth-order valence-electron chi connectivity index (χ4n) is 4.33. The number of piperazine rings is 1. The quantitative estimate of drug-likeness (QED) is 0.529. The second-order valence-corrected chi connectivity index (χ2v) is 7.35. The van der Waals surface area contributed by atoms with E-state index in [2.05, 4.69) is 15.1 Å². The second-order valence-electron chi connectivity index (χ2n) is 7.35. The summed E-state index contributed by atoms with van der Waals surface area (Å²) in [6, 6.07) is 0. The van der Waals surface area contributed by atoms with E-state index in [9.17, 15) is 9.59 Å². The Bertz CT molecular complexity index is 456. The molecular formula is C17H31ClN5O2-. The van der Waals surface area contributed by atoms with Crippen LogP contribution in [-0.4, -0.2) is 91.0 Å². The van der Waals surface area contributed by atoms with Gasteiger partial charge < -0.3 is 28.4 Å². The van der Waals surface area contributed by atoms with Crippen molar-refractivity contribution in [2.24, 2.45) is 5.73 Å².